The summed E-state index contributed by atoms with van der Waals surface area (Å²) in [5.74, 6) is -3.99. The number of carbonyl (C=O) groups is 1. The van der Waals surface area contributed by atoms with Gasteiger partial charge in [0, 0.05) is 13.0 Å². The Labute approximate surface area is 83.3 Å². The largest absolute Gasteiger partial charge is 0.476 e. The van der Waals surface area contributed by atoms with Gasteiger partial charge in [0.05, 0.1) is 6.54 Å². The Morgan fingerprint density at radius 1 is 1.67 bits per heavy atom. The van der Waals surface area contributed by atoms with E-state index in [0.717, 1.165) is 6.26 Å². The Kier molecular flexibility index (Phi) is 2.09. The second kappa shape index (κ2) is 3.18. The summed E-state index contributed by atoms with van der Waals surface area (Å²) in [7, 11) is 0. The van der Waals surface area contributed by atoms with Gasteiger partial charge in [0.2, 0.25) is 0 Å². The van der Waals surface area contributed by atoms with Crippen LogP contribution >= 0.6 is 0 Å². The van der Waals surface area contributed by atoms with E-state index in [-0.39, 0.29) is 24.7 Å². The Balaban J connectivity index is 2.14. The van der Waals surface area contributed by atoms with Gasteiger partial charge in [-0.15, -0.1) is 0 Å². The van der Waals surface area contributed by atoms with E-state index < -0.39 is 18.4 Å². The Bertz CT molecular complexity index is 391. The van der Waals surface area contributed by atoms with Gasteiger partial charge in [0.1, 0.15) is 6.26 Å². The maximum atomic E-state index is 12.8. The first kappa shape index (κ1) is 9.88. The van der Waals surface area contributed by atoms with E-state index in [9.17, 15) is 13.6 Å². The summed E-state index contributed by atoms with van der Waals surface area (Å²) in [5.41, 5.74) is -0.278. The molecule has 1 aromatic heterocycles. The number of aromatic carboxylic acids is 1. The summed E-state index contributed by atoms with van der Waals surface area (Å²) < 4.78 is 30.4. The molecule has 1 aliphatic rings. The van der Waals surface area contributed by atoms with E-state index in [0.29, 0.717) is 0 Å². The number of anilines is 1. The first-order chi connectivity index (χ1) is 6.98. The summed E-state index contributed by atoms with van der Waals surface area (Å²) in [6.07, 6.45) is 0.673. The second-order valence-corrected chi connectivity index (χ2v) is 3.35. The molecule has 1 N–H and O–H groups in total. The zero-order valence-corrected chi connectivity index (χ0v) is 7.61. The highest BCUT2D eigenvalue weighted by molar-refractivity contribution is 5.85. The van der Waals surface area contributed by atoms with Gasteiger partial charge in [-0.3, -0.25) is 0 Å². The standard InChI is InChI=1S/C8H8F2N2O3/c9-8(10)1-2-12(4-8)7-11-5(3-15-7)6(13)14/h3H,1-2,4H2,(H,13,14). The number of alkyl halides is 2. The Hall–Kier alpha value is -1.66. The number of nitrogens with zero attached hydrogens (tertiary/aromatic N) is 2. The van der Waals surface area contributed by atoms with E-state index in [1.54, 1.807) is 0 Å². The van der Waals surface area contributed by atoms with Crippen molar-refractivity contribution in [3.63, 3.8) is 0 Å². The highest BCUT2D eigenvalue weighted by Gasteiger charge is 2.40. The van der Waals surface area contributed by atoms with E-state index >= 15 is 0 Å². The van der Waals surface area contributed by atoms with Gasteiger partial charge in [-0.25, -0.2) is 13.6 Å². The lowest BCUT2D eigenvalue weighted by atomic mass is 10.3. The number of rotatable bonds is 2. The summed E-state index contributed by atoms with van der Waals surface area (Å²) in [6.45, 7) is -0.362. The quantitative estimate of drug-likeness (QED) is 0.808. The predicted molar refractivity (Wildman–Crippen MR) is 45.2 cm³/mol. The smallest absolute Gasteiger partial charge is 0.357 e. The summed E-state index contributed by atoms with van der Waals surface area (Å²) in [4.78, 5) is 15.3. The molecule has 2 heterocycles. The molecule has 2 rings (SSSR count). The minimum atomic E-state index is -2.75. The van der Waals surface area contributed by atoms with E-state index in [1.807, 2.05) is 0 Å². The first-order valence-corrected chi connectivity index (χ1v) is 4.29. The molecule has 0 spiro atoms. The van der Waals surface area contributed by atoms with Gasteiger partial charge >= 0.3 is 5.97 Å². The minimum Gasteiger partial charge on any atom is -0.476 e. The topological polar surface area (TPSA) is 66.6 Å². The molecular formula is C8H8F2N2O3. The van der Waals surface area contributed by atoms with Crippen molar-refractivity contribution < 1.29 is 23.1 Å². The summed E-state index contributed by atoms with van der Waals surface area (Å²) in [6, 6.07) is -0.0652. The molecule has 82 valence electrons. The van der Waals surface area contributed by atoms with Crippen molar-refractivity contribution in [2.75, 3.05) is 18.0 Å². The lowest BCUT2D eigenvalue weighted by Crippen LogP contribution is -2.25. The monoisotopic (exact) mass is 218 g/mol. The van der Waals surface area contributed by atoms with Gasteiger partial charge < -0.3 is 14.4 Å². The van der Waals surface area contributed by atoms with Crippen LogP contribution < -0.4 is 4.90 Å². The lowest BCUT2D eigenvalue weighted by Gasteiger charge is -2.12. The number of halogens is 2. The van der Waals surface area contributed by atoms with Crippen molar-refractivity contribution in [1.29, 1.82) is 0 Å². The number of oxazole rings is 1. The molecule has 0 aliphatic carbocycles. The van der Waals surface area contributed by atoms with E-state index in [4.69, 9.17) is 9.52 Å². The maximum Gasteiger partial charge on any atom is 0.357 e. The SMILES string of the molecule is O=C(O)c1coc(N2CCC(F)(F)C2)n1. The van der Waals surface area contributed by atoms with Gasteiger partial charge in [-0.1, -0.05) is 0 Å². The van der Waals surface area contributed by atoms with Crippen LogP contribution in [-0.2, 0) is 0 Å². The van der Waals surface area contributed by atoms with Crippen LogP contribution in [0.25, 0.3) is 0 Å². The van der Waals surface area contributed by atoms with Crippen molar-refractivity contribution in [2.45, 2.75) is 12.3 Å². The first-order valence-electron chi connectivity index (χ1n) is 4.29. The van der Waals surface area contributed by atoms with Crippen LogP contribution in [0.2, 0.25) is 0 Å². The molecule has 15 heavy (non-hydrogen) atoms. The van der Waals surface area contributed by atoms with E-state index in [1.165, 1.54) is 4.90 Å². The fourth-order valence-electron chi connectivity index (χ4n) is 1.41. The molecule has 1 fully saturated rings. The van der Waals surface area contributed by atoms with Crippen molar-refractivity contribution in [3.05, 3.63) is 12.0 Å². The van der Waals surface area contributed by atoms with Gasteiger partial charge in [0.15, 0.2) is 5.69 Å². The summed E-state index contributed by atoms with van der Waals surface area (Å²) in [5, 5.41) is 8.55. The highest BCUT2D eigenvalue weighted by atomic mass is 19.3. The predicted octanol–water partition coefficient (Wildman–Crippen LogP) is 1.22. The van der Waals surface area contributed by atoms with Crippen molar-refractivity contribution in [2.24, 2.45) is 0 Å². The highest BCUT2D eigenvalue weighted by Crippen LogP contribution is 2.30. The third-order valence-electron chi connectivity index (χ3n) is 2.15. The molecule has 7 heteroatoms. The summed E-state index contributed by atoms with van der Waals surface area (Å²) >= 11 is 0. The number of hydrogen-bond donors (Lipinski definition) is 1. The van der Waals surface area contributed by atoms with Crippen LogP contribution in [0, 0.1) is 0 Å². The van der Waals surface area contributed by atoms with Crippen LogP contribution in [0.5, 0.6) is 0 Å². The molecule has 0 radical (unpaired) electrons. The molecule has 5 nitrogen and oxygen atoms in total. The fourth-order valence-corrected chi connectivity index (χ4v) is 1.41. The van der Waals surface area contributed by atoms with Crippen LogP contribution in [0.15, 0.2) is 10.7 Å². The van der Waals surface area contributed by atoms with Crippen LogP contribution in [0.4, 0.5) is 14.8 Å². The van der Waals surface area contributed by atoms with Gasteiger partial charge in [-0.2, -0.15) is 4.98 Å². The lowest BCUT2D eigenvalue weighted by molar-refractivity contribution is 0.0254. The molecule has 0 saturated carbocycles. The normalized spacial score (nSPS) is 19.5. The minimum absolute atomic E-state index is 0.0652. The number of hydrogen-bond acceptors (Lipinski definition) is 4. The van der Waals surface area contributed by atoms with Crippen molar-refractivity contribution in [3.8, 4) is 0 Å². The molecule has 0 amide bonds. The molecular weight excluding hydrogens is 210 g/mol. The Morgan fingerprint density at radius 3 is 2.87 bits per heavy atom. The number of carboxylic acids is 1. The van der Waals surface area contributed by atoms with Gasteiger partial charge in [-0.05, 0) is 0 Å². The Morgan fingerprint density at radius 2 is 2.40 bits per heavy atom. The molecule has 0 aromatic carbocycles. The third-order valence-corrected chi connectivity index (χ3v) is 2.15. The second-order valence-electron chi connectivity index (χ2n) is 3.35. The maximum absolute atomic E-state index is 12.8. The van der Waals surface area contributed by atoms with Crippen molar-refractivity contribution >= 4 is 12.0 Å². The third kappa shape index (κ3) is 1.90. The van der Waals surface area contributed by atoms with Crippen LogP contribution in [0.1, 0.15) is 16.9 Å². The molecule has 1 aromatic rings. The molecule has 1 saturated heterocycles. The molecule has 0 atom stereocenters. The number of aromatic nitrogens is 1. The molecule has 0 unspecified atom stereocenters. The average molecular weight is 218 g/mol. The zero-order valence-electron chi connectivity index (χ0n) is 7.61. The zero-order chi connectivity index (χ0) is 11.1. The average Bonchev–Trinajstić information content (AvgIpc) is 2.70. The van der Waals surface area contributed by atoms with Crippen LogP contribution in [-0.4, -0.2) is 35.1 Å². The van der Waals surface area contributed by atoms with E-state index in [2.05, 4.69) is 4.98 Å². The van der Waals surface area contributed by atoms with Crippen LogP contribution in [0.3, 0.4) is 0 Å². The molecule has 1 aliphatic heterocycles. The number of carboxylic acid groups (broad SMARTS) is 1. The fraction of sp³-hybridized carbons (Fsp3) is 0.500. The molecule has 0 bridgehead atoms. The van der Waals surface area contributed by atoms with Crippen molar-refractivity contribution in [1.82, 2.24) is 4.98 Å². The van der Waals surface area contributed by atoms with Gasteiger partial charge in [0.25, 0.3) is 11.9 Å².